The largest absolute Gasteiger partial charge is 0.464 e. The Morgan fingerprint density at radius 3 is 2.81 bits per heavy atom. The Hall–Kier alpha value is -2.68. The first-order chi connectivity index (χ1) is 15.5. The number of para-hydroxylation sites is 1. The third kappa shape index (κ3) is 5.20. The molecule has 1 amide bonds. The Labute approximate surface area is 189 Å². The van der Waals surface area contributed by atoms with E-state index in [-0.39, 0.29) is 28.4 Å². The van der Waals surface area contributed by atoms with Gasteiger partial charge in [0.05, 0.1) is 24.3 Å². The average Bonchev–Trinajstić information content (AvgIpc) is 3.20. The number of methoxy groups -OCH3 is 1. The van der Waals surface area contributed by atoms with Crippen LogP contribution in [0.4, 0.5) is 4.39 Å². The quantitative estimate of drug-likeness (QED) is 0.524. The van der Waals surface area contributed by atoms with Crippen molar-refractivity contribution >= 4 is 28.6 Å². The van der Waals surface area contributed by atoms with Gasteiger partial charge in [-0.2, -0.15) is 0 Å². The zero-order valence-electron chi connectivity index (χ0n) is 17.8. The van der Waals surface area contributed by atoms with Crippen LogP contribution in [0, 0.1) is 5.82 Å². The number of benzene rings is 2. The van der Waals surface area contributed by atoms with Gasteiger partial charge in [0.1, 0.15) is 11.4 Å². The molecule has 1 aromatic heterocycles. The van der Waals surface area contributed by atoms with Crippen LogP contribution in [0.5, 0.6) is 0 Å². The highest BCUT2D eigenvalue weighted by Gasteiger charge is 2.37. The first-order valence-corrected chi connectivity index (χ1v) is 11.4. The van der Waals surface area contributed by atoms with E-state index < -0.39 is 0 Å². The topological polar surface area (TPSA) is 71.8 Å². The van der Waals surface area contributed by atoms with Crippen LogP contribution in [0.3, 0.4) is 0 Å². The summed E-state index contributed by atoms with van der Waals surface area (Å²) in [5.41, 5.74) is 0.979. The van der Waals surface area contributed by atoms with Gasteiger partial charge in [-0.25, -0.2) is 4.39 Å². The van der Waals surface area contributed by atoms with Gasteiger partial charge in [0.2, 0.25) is 5.91 Å². The summed E-state index contributed by atoms with van der Waals surface area (Å²) in [4.78, 5) is 28.8. The summed E-state index contributed by atoms with van der Waals surface area (Å²) in [7, 11) is 1.59. The maximum Gasteiger partial charge on any atom is 0.237 e. The number of hydrogen-bond donors (Lipinski definition) is 1. The van der Waals surface area contributed by atoms with E-state index in [0.29, 0.717) is 49.2 Å². The molecule has 6 nitrogen and oxygen atoms in total. The SMILES string of the molecule is COCCNC(=O)[C@@H]1C[C@@H](Sc2ccc(F)cc2)CN1Cc1coc2ccccc2c1=O. The predicted octanol–water partition coefficient (Wildman–Crippen LogP) is 3.43. The van der Waals surface area contributed by atoms with Crippen molar-refractivity contribution in [3.05, 3.63) is 76.4 Å². The van der Waals surface area contributed by atoms with Crippen LogP contribution in [0.25, 0.3) is 11.0 Å². The molecule has 2 heterocycles. The number of carbonyl (C=O) groups is 1. The molecule has 1 N–H and O–H groups in total. The summed E-state index contributed by atoms with van der Waals surface area (Å²) >= 11 is 1.62. The third-order valence-corrected chi connectivity index (χ3v) is 6.73. The van der Waals surface area contributed by atoms with Gasteiger partial charge in [-0.1, -0.05) is 12.1 Å². The molecule has 0 saturated carbocycles. The number of fused-ring (bicyclic) bond motifs is 1. The van der Waals surface area contributed by atoms with Gasteiger partial charge in [-0.05, 0) is 42.8 Å². The molecule has 1 fully saturated rings. The number of carbonyl (C=O) groups excluding carboxylic acids is 1. The van der Waals surface area contributed by atoms with E-state index >= 15 is 0 Å². The van der Waals surface area contributed by atoms with Gasteiger partial charge in [-0.3, -0.25) is 14.5 Å². The van der Waals surface area contributed by atoms with E-state index in [4.69, 9.17) is 9.15 Å². The Bertz CT molecular complexity index is 1130. The first kappa shape index (κ1) is 22.5. The average molecular weight is 457 g/mol. The van der Waals surface area contributed by atoms with Crippen molar-refractivity contribution < 1.29 is 18.3 Å². The van der Waals surface area contributed by atoms with E-state index in [1.165, 1.54) is 18.4 Å². The minimum absolute atomic E-state index is 0.0833. The zero-order valence-corrected chi connectivity index (χ0v) is 18.6. The number of nitrogens with one attached hydrogen (secondary N) is 1. The molecule has 32 heavy (non-hydrogen) atoms. The number of nitrogens with zero attached hydrogens (tertiary/aromatic N) is 1. The number of hydrogen-bond acceptors (Lipinski definition) is 6. The number of amides is 1. The summed E-state index contributed by atoms with van der Waals surface area (Å²) in [6, 6.07) is 13.1. The predicted molar refractivity (Wildman–Crippen MR) is 122 cm³/mol. The number of ether oxygens (including phenoxy) is 1. The molecule has 0 radical (unpaired) electrons. The summed E-state index contributed by atoms with van der Waals surface area (Å²) < 4.78 is 23.9. The van der Waals surface area contributed by atoms with Crippen LogP contribution in [-0.2, 0) is 16.1 Å². The number of thioether (sulfide) groups is 1. The van der Waals surface area contributed by atoms with Crippen LogP contribution < -0.4 is 10.7 Å². The molecule has 1 saturated heterocycles. The first-order valence-electron chi connectivity index (χ1n) is 10.5. The van der Waals surface area contributed by atoms with Crippen LogP contribution in [0.15, 0.2) is 68.9 Å². The van der Waals surface area contributed by atoms with E-state index in [1.807, 2.05) is 11.0 Å². The van der Waals surface area contributed by atoms with Gasteiger partial charge in [0, 0.05) is 42.5 Å². The van der Waals surface area contributed by atoms with Gasteiger partial charge < -0.3 is 14.5 Å². The summed E-state index contributed by atoms with van der Waals surface area (Å²) in [5.74, 6) is -0.366. The smallest absolute Gasteiger partial charge is 0.237 e. The van der Waals surface area contributed by atoms with Gasteiger partial charge in [0.25, 0.3) is 0 Å². The van der Waals surface area contributed by atoms with Gasteiger partial charge in [0.15, 0.2) is 5.43 Å². The molecule has 3 aromatic rings. The molecule has 2 atom stereocenters. The highest BCUT2D eigenvalue weighted by Crippen LogP contribution is 2.34. The second-order valence-corrected chi connectivity index (χ2v) is 9.12. The molecule has 1 aliphatic heterocycles. The van der Waals surface area contributed by atoms with Crippen LogP contribution >= 0.6 is 11.8 Å². The Balaban J connectivity index is 1.54. The molecular weight excluding hydrogens is 431 g/mol. The molecule has 0 bridgehead atoms. The zero-order chi connectivity index (χ0) is 22.5. The number of halogens is 1. The van der Waals surface area contributed by atoms with Crippen molar-refractivity contribution in [1.29, 1.82) is 0 Å². The van der Waals surface area contributed by atoms with Crippen LogP contribution in [0.1, 0.15) is 12.0 Å². The maximum atomic E-state index is 13.2. The summed E-state index contributed by atoms with van der Waals surface area (Å²) in [5, 5.41) is 3.57. The van der Waals surface area contributed by atoms with E-state index in [0.717, 1.165) is 4.90 Å². The molecule has 0 spiro atoms. The number of likely N-dealkylation sites (tertiary alicyclic amines) is 1. The second-order valence-electron chi connectivity index (χ2n) is 7.74. The van der Waals surface area contributed by atoms with Crippen molar-refractivity contribution in [1.82, 2.24) is 10.2 Å². The Morgan fingerprint density at radius 1 is 1.25 bits per heavy atom. The standard InChI is InChI=1S/C24H25FN2O4S/c1-30-11-10-26-24(29)21-12-19(32-18-8-6-17(25)7-9-18)14-27(21)13-16-15-31-22-5-3-2-4-20(22)23(16)28/h2-9,15,19,21H,10-14H2,1H3,(H,26,29)/t19-,21+/m1/s1. The lowest BCUT2D eigenvalue weighted by molar-refractivity contribution is -0.125. The second kappa shape index (κ2) is 10.3. The number of rotatable bonds is 8. The lowest BCUT2D eigenvalue weighted by Crippen LogP contribution is -2.44. The fourth-order valence-corrected chi connectivity index (χ4v) is 5.16. The van der Waals surface area contributed by atoms with Crippen molar-refractivity contribution in [2.75, 3.05) is 26.8 Å². The lowest BCUT2D eigenvalue weighted by Gasteiger charge is -2.23. The normalized spacial score (nSPS) is 18.8. The molecule has 8 heteroatoms. The highest BCUT2D eigenvalue weighted by molar-refractivity contribution is 8.00. The van der Waals surface area contributed by atoms with Crippen molar-refractivity contribution in [2.24, 2.45) is 0 Å². The molecular formula is C24H25FN2O4S. The van der Waals surface area contributed by atoms with Crippen molar-refractivity contribution in [2.45, 2.75) is 29.2 Å². The molecule has 0 aliphatic carbocycles. The van der Waals surface area contributed by atoms with Gasteiger partial charge in [-0.15, -0.1) is 11.8 Å². The third-order valence-electron chi connectivity index (χ3n) is 5.51. The summed E-state index contributed by atoms with van der Waals surface area (Å²) in [6.07, 6.45) is 2.12. The lowest BCUT2D eigenvalue weighted by atomic mass is 10.1. The molecule has 1 aliphatic rings. The highest BCUT2D eigenvalue weighted by atomic mass is 32.2. The van der Waals surface area contributed by atoms with E-state index in [9.17, 15) is 14.0 Å². The molecule has 168 valence electrons. The van der Waals surface area contributed by atoms with Crippen molar-refractivity contribution in [3.8, 4) is 0 Å². The van der Waals surface area contributed by atoms with Gasteiger partial charge >= 0.3 is 0 Å². The molecule has 2 aromatic carbocycles. The summed E-state index contributed by atoms with van der Waals surface area (Å²) in [6.45, 7) is 1.79. The maximum absolute atomic E-state index is 13.2. The molecule has 4 rings (SSSR count). The minimum Gasteiger partial charge on any atom is -0.464 e. The van der Waals surface area contributed by atoms with E-state index in [2.05, 4.69) is 5.32 Å². The monoisotopic (exact) mass is 456 g/mol. The van der Waals surface area contributed by atoms with Crippen molar-refractivity contribution in [3.63, 3.8) is 0 Å². The van der Waals surface area contributed by atoms with Crippen LogP contribution in [0.2, 0.25) is 0 Å². The minimum atomic E-state index is -0.379. The fourth-order valence-electron chi connectivity index (χ4n) is 3.94. The Kier molecular flexibility index (Phi) is 7.24. The van der Waals surface area contributed by atoms with Crippen LogP contribution in [-0.4, -0.2) is 48.9 Å². The fraction of sp³-hybridized carbons (Fsp3) is 0.333. The van der Waals surface area contributed by atoms with E-state index in [1.54, 1.807) is 49.2 Å². The molecule has 0 unspecified atom stereocenters. The Morgan fingerprint density at radius 2 is 2.03 bits per heavy atom.